The summed E-state index contributed by atoms with van der Waals surface area (Å²) in [4.78, 5) is 12.0. The van der Waals surface area contributed by atoms with Crippen LogP contribution < -0.4 is 0 Å². The van der Waals surface area contributed by atoms with Crippen molar-refractivity contribution in [3.63, 3.8) is 0 Å². The van der Waals surface area contributed by atoms with Crippen molar-refractivity contribution in [3.05, 3.63) is 36.1 Å². The van der Waals surface area contributed by atoms with Gasteiger partial charge in [0.1, 0.15) is 12.2 Å². The Morgan fingerprint density at radius 3 is 2.83 bits per heavy atom. The first-order valence-corrected chi connectivity index (χ1v) is 6.46. The highest BCUT2D eigenvalue weighted by Crippen LogP contribution is 2.22. The van der Waals surface area contributed by atoms with E-state index in [9.17, 15) is 4.79 Å². The predicted octanol–water partition coefficient (Wildman–Crippen LogP) is 3.57. The smallest absolute Gasteiger partial charge is 0.223 e. The number of carbonyl (C=O) groups is 1. The highest BCUT2D eigenvalue weighted by molar-refractivity contribution is 5.98. The number of hydrogen-bond donors (Lipinski definition) is 0. The van der Waals surface area contributed by atoms with Crippen LogP contribution in [0.2, 0.25) is 0 Å². The van der Waals surface area contributed by atoms with Gasteiger partial charge in [0.05, 0.1) is 6.10 Å². The summed E-state index contributed by atoms with van der Waals surface area (Å²) in [7, 11) is 0. The molecule has 0 aliphatic heterocycles. The van der Waals surface area contributed by atoms with Crippen LogP contribution in [0.25, 0.3) is 11.0 Å². The molecule has 1 aliphatic carbocycles. The number of rotatable bonds is 4. The molecule has 1 aromatic heterocycles. The largest absolute Gasteiger partial charge is 0.453 e. The van der Waals surface area contributed by atoms with E-state index in [0.717, 1.165) is 23.8 Å². The molecule has 0 atom stereocenters. The van der Waals surface area contributed by atoms with Crippen molar-refractivity contribution in [2.24, 2.45) is 0 Å². The fraction of sp³-hybridized carbons (Fsp3) is 0.400. The number of ether oxygens (including phenoxy) is 1. The van der Waals surface area contributed by atoms with Crippen molar-refractivity contribution in [1.29, 1.82) is 0 Å². The van der Waals surface area contributed by atoms with Crippen LogP contribution in [-0.2, 0) is 4.74 Å². The SMILES string of the molecule is O=C(COC1CCCC1)c1cc2ccccc2o1. The van der Waals surface area contributed by atoms with E-state index in [1.165, 1.54) is 12.8 Å². The van der Waals surface area contributed by atoms with E-state index in [4.69, 9.17) is 9.15 Å². The second-order valence-corrected chi connectivity index (χ2v) is 4.79. The molecular formula is C15H16O3. The van der Waals surface area contributed by atoms with Crippen molar-refractivity contribution in [2.75, 3.05) is 6.61 Å². The van der Waals surface area contributed by atoms with Crippen LogP contribution in [-0.4, -0.2) is 18.5 Å². The Hall–Kier alpha value is -1.61. The van der Waals surface area contributed by atoms with Crippen LogP contribution >= 0.6 is 0 Å². The van der Waals surface area contributed by atoms with Crippen LogP contribution in [0.15, 0.2) is 34.7 Å². The summed E-state index contributed by atoms with van der Waals surface area (Å²) in [5, 5.41) is 0.960. The Kier molecular flexibility index (Phi) is 3.15. The number of Topliss-reactive ketones (excluding diaryl/α,β-unsaturated/α-hetero) is 1. The maximum absolute atomic E-state index is 12.0. The van der Waals surface area contributed by atoms with Gasteiger partial charge in [-0.05, 0) is 25.0 Å². The van der Waals surface area contributed by atoms with Crippen LogP contribution in [0.4, 0.5) is 0 Å². The minimum absolute atomic E-state index is 0.0712. The molecule has 1 fully saturated rings. The first kappa shape index (κ1) is 11.5. The summed E-state index contributed by atoms with van der Waals surface area (Å²) < 4.78 is 11.1. The Labute approximate surface area is 106 Å². The van der Waals surface area contributed by atoms with Crippen LogP contribution in [0.5, 0.6) is 0 Å². The number of carbonyl (C=O) groups excluding carboxylic acids is 1. The highest BCUT2D eigenvalue weighted by Gasteiger charge is 2.18. The first-order valence-electron chi connectivity index (χ1n) is 6.46. The topological polar surface area (TPSA) is 39.4 Å². The Morgan fingerprint density at radius 2 is 2.06 bits per heavy atom. The van der Waals surface area contributed by atoms with Gasteiger partial charge < -0.3 is 9.15 Å². The molecule has 0 amide bonds. The van der Waals surface area contributed by atoms with Gasteiger partial charge in [-0.15, -0.1) is 0 Å². The summed E-state index contributed by atoms with van der Waals surface area (Å²) in [6.45, 7) is 0.129. The number of benzene rings is 1. The van der Waals surface area contributed by atoms with Crippen molar-refractivity contribution in [1.82, 2.24) is 0 Å². The molecule has 1 heterocycles. The molecule has 3 rings (SSSR count). The maximum Gasteiger partial charge on any atom is 0.223 e. The van der Waals surface area contributed by atoms with Gasteiger partial charge in [0, 0.05) is 5.39 Å². The van der Waals surface area contributed by atoms with E-state index in [2.05, 4.69) is 0 Å². The van der Waals surface area contributed by atoms with Gasteiger partial charge in [-0.25, -0.2) is 0 Å². The Balaban J connectivity index is 1.67. The molecule has 0 unspecified atom stereocenters. The second kappa shape index (κ2) is 4.94. The molecule has 94 valence electrons. The van der Waals surface area contributed by atoms with Gasteiger partial charge in [-0.1, -0.05) is 31.0 Å². The summed E-state index contributed by atoms with van der Waals surface area (Å²) in [6.07, 6.45) is 4.84. The van der Waals surface area contributed by atoms with E-state index in [-0.39, 0.29) is 18.5 Å². The average molecular weight is 244 g/mol. The minimum atomic E-state index is -0.0712. The van der Waals surface area contributed by atoms with E-state index in [1.807, 2.05) is 24.3 Å². The molecule has 1 saturated carbocycles. The summed E-state index contributed by atoms with van der Waals surface area (Å²) >= 11 is 0. The van der Waals surface area contributed by atoms with Gasteiger partial charge in [0.2, 0.25) is 5.78 Å². The zero-order chi connectivity index (χ0) is 12.4. The van der Waals surface area contributed by atoms with E-state index in [1.54, 1.807) is 6.07 Å². The third kappa shape index (κ3) is 2.31. The first-order chi connectivity index (χ1) is 8.83. The van der Waals surface area contributed by atoms with Crippen molar-refractivity contribution in [3.8, 4) is 0 Å². The lowest BCUT2D eigenvalue weighted by molar-refractivity contribution is 0.0465. The summed E-state index contributed by atoms with van der Waals surface area (Å²) in [5.41, 5.74) is 0.752. The third-order valence-electron chi connectivity index (χ3n) is 3.45. The molecular weight excluding hydrogens is 228 g/mol. The number of fused-ring (bicyclic) bond motifs is 1. The number of furan rings is 1. The molecule has 0 N–H and O–H groups in total. The number of hydrogen-bond acceptors (Lipinski definition) is 3. The van der Waals surface area contributed by atoms with Crippen molar-refractivity contribution < 1.29 is 13.9 Å². The van der Waals surface area contributed by atoms with Crippen molar-refractivity contribution >= 4 is 16.8 Å². The predicted molar refractivity (Wildman–Crippen MR) is 68.8 cm³/mol. The second-order valence-electron chi connectivity index (χ2n) is 4.79. The molecule has 2 aromatic rings. The van der Waals surface area contributed by atoms with Gasteiger partial charge in [-0.2, -0.15) is 0 Å². The minimum Gasteiger partial charge on any atom is -0.453 e. The Morgan fingerprint density at radius 1 is 1.28 bits per heavy atom. The van der Waals surface area contributed by atoms with Gasteiger partial charge in [-0.3, -0.25) is 4.79 Å². The highest BCUT2D eigenvalue weighted by atomic mass is 16.5. The molecule has 0 saturated heterocycles. The molecule has 0 radical (unpaired) electrons. The van der Waals surface area contributed by atoms with Crippen LogP contribution in [0.3, 0.4) is 0 Å². The molecule has 1 aliphatic rings. The van der Waals surface area contributed by atoms with E-state index in [0.29, 0.717) is 5.76 Å². The molecule has 0 spiro atoms. The lowest BCUT2D eigenvalue weighted by Gasteiger charge is -2.08. The van der Waals surface area contributed by atoms with Crippen molar-refractivity contribution in [2.45, 2.75) is 31.8 Å². The molecule has 3 nitrogen and oxygen atoms in total. The summed E-state index contributed by atoms with van der Waals surface area (Å²) in [6, 6.07) is 9.42. The third-order valence-corrected chi connectivity index (χ3v) is 3.45. The molecule has 1 aromatic carbocycles. The quantitative estimate of drug-likeness (QED) is 0.772. The fourth-order valence-corrected chi connectivity index (χ4v) is 2.44. The van der Waals surface area contributed by atoms with Crippen LogP contribution in [0.1, 0.15) is 36.2 Å². The van der Waals surface area contributed by atoms with E-state index < -0.39 is 0 Å². The van der Waals surface area contributed by atoms with Gasteiger partial charge >= 0.3 is 0 Å². The lowest BCUT2D eigenvalue weighted by Crippen LogP contribution is -2.15. The zero-order valence-corrected chi connectivity index (χ0v) is 10.2. The normalized spacial score (nSPS) is 16.4. The monoisotopic (exact) mass is 244 g/mol. The number of ketones is 1. The van der Waals surface area contributed by atoms with Crippen LogP contribution in [0, 0.1) is 0 Å². The molecule has 18 heavy (non-hydrogen) atoms. The fourth-order valence-electron chi connectivity index (χ4n) is 2.44. The molecule has 3 heteroatoms. The van der Waals surface area contributed by atoms with E-state index >= 15 is 0 Å². The Bertz CT molecular complexity index is 517. The lowest BCUT2D eigenvalue weighted by atomic mass is 10.2. The maximum atomic E-state index is 12.0. The summed E-state index contributed by atoms with van der Waals surface area (Å²) in [5.74, 6) is 0.326. The number of para-hydroxylation sites is 1. The standard InChI is InChI=1S/C15H16O3/c16-13(10-17-12-6-2-3-7-12)15-9-11-5-1-4-8-14(11)18-15/h1,4-5,8-9,12H,2-3,6-7,10H2. The zero-order valence-electron chi connectivity index (χ0n) is 10.2. The molecule has 0 bridgehead atoms. The van der Waals surface area contributed by atoms with Gasteiger partial charge in [0.15, 0.2) is 5.76 Å². The van der Waals surface area contributed by atoms with Gasteiger partial charge in [0.25, 0.3) is 0 Å². The average Bonchev–Trinajstić information content (AvgIpc) is 3.04.